The number of anilines is 1. The summed E-state index contributed by atoms with van der Waals surface area (Å²) in [5, 5.41) is 13.0. The van der Waals surface area contributed by atoms with E-state index in [9.17, 15) is 5.11 Å². The molecule has 0 heterocycles. The minimum atomic E-state index is -0.716. The fourth-order valence-electron chi connectivity index (χ4n) is 2.04. The maximum atomic E-state index is 9.95. The average Bonchev–Trinajstić information content (AvgIpc) is 2.59. The van der Waals surface area contributed by atoms with Gasteiger partial charge in [0.2, 0.25) is 0 Å². The minimum Gasteiger partial charge on any atom is -0.491 e. The first kappa shape index (κ1) is 22.0. The lowest BCUT2D eigenvalue weighted by Gasteiger charge is -2.11. The smallest absolute Gasteiger partial charge is 0.193 e. The maximum Gasteiger partial charge on any atom is 0.193 e. The van der Waals surface area contributed by atoms with E-state index in [-0.39, 0.29) is 43.1 Å². The van der Waals surface area contributed by atoms with Crippen molar-refractivity contribution < 1.29 is 9.84 Å². The molecule has 4 N–H and O–H groups in total. The fraction of sp³-hybridized carbons (Fsp3) is 0.278. The molecule has 5 nitrogen and oxygen atoms in total. The van der Waals surface area contributed by atoms with E-state index in [0.717, 1.165) is 21.4 Å². The molecule has 0 aliphatic carbocycles. The highest BCUT2D eigenvalue weighted by atomic mass is 127. The Kier molecular flexibility index (Phi) is 10.1. The quantitative estimate of drug-likeness (QED) is 0.272. The topological polar surface area (TPSA) is 79.9 Å². The highest BCUT2D eigenvalue weighted by Crippen LogP contribution is 2.14. The van der Waals surface area contributed by atoms with Gasteiger partial charge in [-0.2, -0.15) is 0 Å². The van der Waals surface area contributed by atoms with Crippen LogP contribution in [0.1, 0.15) is 12.5 Å². The monoisotopic (exact) mass is 567 g/mol. The first-order valence-electron chi connectivity index (χ1n) is 7.79. The Hall–Kier alpha value is -1.07. The molecular formula is C18H23I2N3O2. The van der Waals surface area contributed by atoms with E-state index in [4.69, 9.17) is 10.5 Å². The van der Waals surface area contributed by atoms with Gasteiger partial charge in [0, 0.05) is 9.26 Å². The Balaban J connectivity index is 0.00000312. The van der Waals surface area contributed by atoms with Gasteiger partial charge in [0.25, 0.3) is 0 Å². The number of aliphatic hydroxyl groups is 1. The zero-order valence-corrected chi connectivity index (χ0v) is 18.5. The summed E-state index contributed by atoms with van der Waals surface area (Å²) in [6.07, 6.45) is 0.243. The molecule has 0 amide bonds. The van der Waals surface area contributed by atoms with E-state index < -0.39 is 6.10 Å². The lowest BCUT2D eigenvalue weighted by molar-refractivity contribution is 0.114. The van der Waals surface area contributed by atoms with Crippen LogP contribution in [-0.4, -0.2) is 30.3 Å². The van der Waals surface area contributed by atoms with Crippen LogP contribution in [0.15, 0.2) is 53.5 Å². The molecule has 1 unspecified atom stereocenters. The van der Waals surface area contributed by atoms with E-state index in [1.54, 1.807) is 0 Å². The van der Waals surface area contributed by atoms with Crippen LogP contribution in [0, 0.1) is 3.57 Å². The van der Waals surface area contributed by atoms with Crippen LogP contribution >= 0.6 is 46.6 Å². The number of nitrogens with one attached hydrogen (secondary N) is 1. The van der Waals surface area contributed by atoms with Gasteiger partial charge in [-0.15, -0.1) is 24.0 Å². The van der Waals surface area contributed by atoms with Crippen molar-refractivity contribution in [3.63, 3.8) is 0 Å². The van der Waals surface area contributed by atoms with Gasteiger partial charge in [-0.1, -0.05) is 19.1 Å². The van der Waals surface area contributed by atoms with Gasteiger partial charge in [-0.3, -0.25) is 4.99 Å². The number of rotatable bonds is 7. The van der Waals surface area contributed by atoms with Crippen molar-refractivity contribution in [3.05, 3.63) is 57.7 Å². The van der Waals surface area contributed by atoms with Crippen molar-refractivity contribution in [1.29, 1.82) is 0 Å². The second kappa shape index (κ2) is 11.5. The number of hydrogen-bond acceptors (Lipinski definition) is 3. The Morgan fingerprint density at radius 2 is 2.00 bits per heavy atom. The molecule has 136 valence electrons. The van der Waals surface area contributed by atoms with Crippen LogP contribution in [0.25, 0.3) is 0 Å². The van der Waals surface area contributed by atoms with E-state index in [0.29, 0.717) is 0 Å². The predicted molar refractivity (Wildman–Crippen MR) is 122 cm³/mol. The normalized spacial score (nSPS) is 12.2. The molecule has 7 heteroatoms. The third-order valence-electron chi connectivity index (χ3n) is 3.34. The van der Waals surface area contributed by atoms with Gasteiger partial charge < -0.3 is 20.9 Å². The molecule has 0 saturated heterocycles. The van der Waals surface area contributed by atoms with Gasteiger partial charge in [-0.25, -0.2) is 0 Å². The minimum absolute atomic E-state index is 0. The molecule has 0 bridgehead atoms. The van der Waals surface area contributed by atoms with Crippen LogP contribution in [0.5, 0.6) is 5.75 Å². The molecule has 0 aliphatic heterocycles. The Labute approximate surface area is 179 Å². The van der Waals surface area contributed by atoms with Gasteiger partial charge in [0.05, 0.1) is 6.54 Å². The lowest BCUT2D eigenvalue weighted by atomic mass is 10.1. The van der Waals surface area contributed by atoms with Crippen molar-refractivity contribution in [2.24, 2.45) is 10.7 Å². The van der Waals surface area contributed by atoms with Crippen molar-refractivity contribution in [3.8, 4) is 5.75 Å². The van der Waals surface area contributed by atoms with Crippen LogP contribution in [0.3, 0.4) is 0 Å². The molecule has 2 rings (SSSR count). The summed E-state index contributed by atoms with van der Waals surface area (Å²) < 4.78 is 6.66. The molecule has 25 heavy (non-hydrogen) atoms. The molecule has 0 aromatic heterocycles. The van der Waals surface area contributed by atoms with Crippen molar-refractivity contribution in [1.82, 2.24) is 0 Å². The third kappa shape index (κ3) is 8.23. The standard InChI is InChI=1S/C18H22IN3O2.HI/c1-2-13-4-3-5-15(10-13)22-18(20)21-11-16(23)12-24-17-8-6-14(19)7-9-17;/h3-10,16,23H,2,11-12H2,1H3,(H3,20,21,22);1H. The molecule has 0 radical (unpaired) electrons. The number of aliphatic hydroxyl groups excluding tert-OH is 1. The average molecular weight is 567 g/mol. The molecule has 0 saturated carbocycles. The summed E-state index contributed by atoms with van der Waals surface area (Å²) in [6.45, 7) is 2.44. The van der Waals surface area contributed by atoms with Crippen molar-refractivity contribution in [2.75, 3.05) is 18.5 Å². The molecule has 0 spiro atoms. The number of nitrogens with zero attached hydrogens (tertiary/aromatic N) is 1. The second-order valence-electron chi connectivity index (χ2n) is 5.32. The first-order chi connectivity index (χ1) is 11.6. The Morgan fingerprint density at radius 1 is 1.28 bits per heavy atom. The molecule has 2 aromatic carbocycles. The maximum absolute atomic E-state index is 9.95. The van der Waals surface area contributed by atoms with E-state index >= 15 is 0 Å². The third-order valence-corrected chi connectivity index (χ3v) is 4.06. The Morgan fingerprint density at radius 3 is 2.68 bits per heavy atom. The number of hydrogen-bond donors (Lipinski definition) is 3. The Bertz CT molecular complexity index is 678. The number of halogens is 2. The summed E-state index contributed by atoms with van der Waals surface area (Å²) in [5.41, 5.74) is 7.97. The summed E-state index contributed by atoms with van der Waals surface area (Å²) in [4.78, 5) is 4.15. The van der Waals surface area contributed by atoms with Gasteiger partial charge in [0.1, 0.15) is 18.5 Å². The molecule has 0 aliphatic rings. The van der Waals surface area contributed by atoms with Crippen molar-refractivity contribution >= 4 is 58.2 Å². The summed E-state index contributed by atoms with van der Waals surface area (Å²) >= 11 is 2.23. The highest BCUT2D eigenvalue weighted by Gasteiger charge is 2.05. The number of benzene rings is 2. The van der Waals surface area contributed by atoms with Gasteiger partial charge in [-0.05, 0) is 71.0 Å². The van der Waals surface area contributed by atoms with Gasteiger partial charge in [0.15, 0.2) is 5.96 Å². The lowest BCUT2D eigenvalue weighted by Crippen LogP contribution is -2.27. The summed E-state index contributed by atoms with van der Waals surface area (Å²) in [5.74, 6) is 0.998. The number of aryl methyl sites for hydroxylation is 1. The number of aliphatic imine (C=N–C) groups is 1. The molecule has 1 atom stereocenters. The highest BCUT2D eigenvalue weighted by molar-refractivity contribution is 14.1. The van der Waals surface area contributed by atoms with Crippen LogP contribution in [0.4, 0.5) is 5.69 Å². The number of nitrogens with two attached hydrogens (primary N) is 1. The fourth-order valence-corrected chi connectivity index (χ4v) is 2.40. The zero-order valence-electron chi connectivity index (χ0n) is 14.0. The molecule has 0 fully saturated rings. The van der Waals surface area contributed by atoms with E-state index in [2.05, 4.69) is 45.9 Å². The summed E-state index contributed by atoms with van der Waals surface area (Å²) in [7, 11) is 0. The molecular weight excluding hydrogens is 544 g/mol. The van der Waals surface area contributed by atoms with Crippen LogP contribution < -0.4 is 15.8 Å². The number of guanidine groups is 1. The van der Waals surface area contributed by atoms with E-state index in [1.165, 1.54) is 5.56 Å². The molecule has 2 aromatic rings. The van der Waals surface area contributed by atoms with E-state index in [1.807, 2.05) is 42.5 Å². The second-order valence-corrected chi connectivity index (χ2v) is 6.57. The van der Waals surface area contributed by atoms with Crippen molar-refractivity contribution in [2.45, 2.75) is 19.4 Å². The van der Waals surface area contributed by atoms with Crippen LogP contribution in [0.2, 0.25) is 0 Å². The van der Waals surface area contributed by atoms with Crippen LogP contribution in [-0.2, 0) is 6.42 Å². The SMILES string of the molecule is CCc1cccc(NC(N)=NCC(O)COc2ccc(I)cc2)c1.I. The predicted octanol–water partition coefficient (Wildman–Crippen LogP) is 3.64. The van der Waals surface area contributed by atoms with Gasteiger partial charge >= 0.3 is 0 Å². The largest absolute Gasteiger partial charge is 0.491 e. The zero-order chi connectivity index (χ0) is 17.4. The number of ether oxygens (including phenoxy) is 1. The summed E-state index contributed by atoms with van der Waals surface area (Å²) in [6, 6.07) is 15.6. The first-order valence-corrected chi connectivity index (χ1v) is 8.87.